The quantitative estimate of drug-likeness (QED) is 0.896. The summed E-state index contributed by atoms with van der Waals surface area (Å²) in [6.45, 7) is -0.246. The van der Waals surface area contributed by atoms with E-state index in [-0.39, 0.29) is 12.5 Å². The van der Waals surface area contributed by atoms with Gasteiger partial charge in [-0.3, -0.25) is 14.5 Å². The van der Waals surface area contributed by atoms with Gasteiger partial charge in [-0.25, -0.2) is 4.98 Å². The van der Waals surface area contributed by atoms with Crippen LogP contribution in [-0.4, -0.2) is 33.6 Å². The highest BCUT2D eigenvalue weighted by atomic mass is 16.4. The molecule has 98 valence electrons. The van der Waals surface area contributed by atoms with Gasteiger partial charge in [0.1, 0.15) is 18.1 Å². The first-order valence-electron chi connectivity index (χ1n) is 5.65. The molecule has 1 amide bonds. The Morgan fingerprint density at radius 3 is 2.74 bits per heavy atom. The van der Waals surface area contributed by atoms with Crippen molar-refractivity contribution in [2.75, 3.05) is 11.9 Å². The summed E-state index contributed by atoms with van der Waals surface area (Å²) in [4.78, 5) is 28.5. The van der Waals surface area contributed by atoms with Crippen molar-refractivity contribution in [3.63, 3.8) is 0 Å². The summed E-state index contributed by atoms with van der Waals surface area (Å²) in [6.07, 6.45) is 3.16. The zero-order valence-electron chi connectivity index (χ0n) is 10.4. The van der Waals surface area contributed by atoms with E-state index < -0.39 is 5.97 Å². The van der Waals surface area contributed by atoms with Crippen LogP contribution in [0.4, 0.5) is 5.82 Å². The van der Waals surface area contributed by atoms with Crippen molar-refractivity contribution >= 4 is 17.7 Å². The van der Waals surface area contributed by atoms with Crippen molar-refractivity contribution < 1.29 is 14.7 Å². The Hall–Kier alpha value is -2.63. The topological polar surface area (TPSA) is 75.4 Å². The predicted molar refractivity (Wildman–Crippen MR) is 69.0 cm³/mol. The van der Waals surface area contributed by atoms with E-state index >= 15 is 0 Å². The zero-order chi connectivity index (χ0) is 13.8. The maximum Gasteiger partial charge on any atom is 0.323 e. The van der Waals surface area contributed by atoms with Gasteiger partial charge in [-0.15, -0.1) is 0 Å². The molecule has 0 aliphatic carbocycles. The van der Waals surface area contributed by atoms with Gasteiger partial charge in [0, 0.05) is 19.4 Å². The summed E-state index contributed by atoms with van der Waals surface area (Å²) in [5.74, 6) is -0.786. The number of anilines is 1. The number of pyridine rings is 1. The van der Waals surface area contributed by atoms with Crippen LogP contribution in [-0.2, 0) is 11.3 Å². The summed E-state index contributed by atoms with van der Waals surface area (Å²) in [5.41, 5.74) is 0.315. The van der Waals surface area contributed by atoms with Crippen LogP contribution >= 0.6 is 0 Å². The predicted octanol–water partition coefficient (Wildman–Crippen LogP) is 1.24. The largest absolute Gasteiger partial charge is 0.480 e. The molecule has 6 heteroatoms. The average molecular weight is 259 g/mol. The summed E-state index contributed by atoms with van der Waals surface area (Å²) in [7, 11) is 1.60. The summed E-state index contributed by atoms with van der Waals surface area (Å²) < 4.78 is 1.39. The molecule has 2 heterocycles. The third-order valence-electron chi connectivity index (χ3n) is 2.65. The van der Waals surface area contributed by atoms with E-state index in [9.17, 15) is 9.59 Å². The monoisotopic (exact) mass is 259 g/mol. The molecular weight excluding hydrogens is 246 g/mol. The molecule has 0 aromatic carbocycles. The Labute approximate surface area is 109 Å². The number of carboxylic acids is 1. The lowest BCUT2D eigenvalue weighted by atomic mass is 10.3. The first-order chi connectivity index (χ1) is 9.09. The van der Waals surface area contributed by atoms with Gasteiger partial charge in [0.25, 0.3) is 5.91 Å². The molecule has 2 aromatic rings. The van der Waals surface area contributed by atoms with Crippen molar-refractivity contribution in [2.45, 2.75) is 6.54 Å². The van der Waals surface area contributed by atoms with Crippen LogP contribution in [0.25, 0.3) is 0 Å². The molecule has 0 saturated heterocycles. The molecule has 2 rings (SSSR count). The molecule has 0 saturated carbocycles. The van der Waals surface area contributed by atoms with Crippen molar-refractivity contribution in [2.24, 2.45) is 0 Å². The van der Waals surface area contributed by atoms with Crippen LogP contribution < -0.4 is 4.90 Å². The smallest absolute Gasteiger partial charge is 0.323 e. The van der Waals surface area contributed by atoms with Gasteiger partial charge in [-0.05, 0) is 24.3 Å². The Kier molecular flexibility index (Phi) is 3.61. The Morgan fingerprint density at radius 2 is 2.11 bits per heavy atom. The molecule has 0 aliphatic heterocycles. The highest BCUT2D eigenvalue weighted by Crippen LogP contribution is 2.12. The molecule has 19 heavy (non-hydrogen) atoms. The molecule has 0 fully saturated rings. The van der Waals surface area contributed by atoms with Gasteiger partial charge in [-0.2, -0.15) is 0 Å². The first kappa shape index (κ1) is 12.8. The van der Waals surface area contributed by atoms with Crippen LogP contribution in [0.1, 0.15) is 10.5 Å². The number of hydrogen-bond donors (Lipinski definition) is 1. The molecule has 0 unspecified atom stereocenters. The number of hydrogen-bond acceptors (Lipinski definition) is 3. The first-order valence-corrected chi connectivity index (χ1v) is 5.65. The van der Waals surface area contributed by atoms with E-state index in [0.717, 1.165) is 0 Å². The molecule has 0 radical (unpaired) electrons. The van der Waals surface area contributed by atoms with E-state index in [2.05, 4.69) is 4.98 Å². The lowest BCUT2D eigenvalue weighted by molar-refractivity contribution is -0.137. The lowest BCUT2D eigenvalue weighted by Gasteiger charge is -2.16. The average Bonchev–Trinajstić information content (AvgIpc) is 2.85. The minimum absolute atomic E-state index is 0.246. The second-order valence-corrected chi connectivity index (χ2v) is 3.97. The van der Waals surface area contributed by atoms with Crippen LogP contribution in [0.3, 0.4) is 0 Å². The van der Waals surface area contributed by atoms with Crippen molar-refractivity contribution in [3.8, 4) is 0 Å². The van der Waals surface area contributed by atoms with E-state index in [0.29, 0.717) is 11.5 Å². The fourth-order valence-corrected chi connectivity index (χ4v) is 1.72. The number of rotatable bonds is 4. The maximum atomic E-state index is 12.3. The minimum atomic E-state index is -0.995. The highest BCUT2D eigenvalue weighted by Gasteiger charge is 2.18. The Balaban J connectivity index is 2.25. The number of aromatic nitrogens is 2. The second-order valence-electron chi connectivity index (χ2n) is 3.97. The number of carbonyl (C=O) groups excluding carboxylic acids is 1. The molecule has 0 atom stereocenters. The third-order valence-corrected chi connectivity index (χ3v) is 2.65. The standard InChI is InChI=1S/C13H13N3O3/c1-15(11-6-2-3-7-14-11)13(19)10-5-4-8-16(10)9-12(17)18/h2-8H,9H2,1H3,(H,17,18). The van der Waals surface area contributed by atoms with Crippen molar-refractivity contribution in [1.82, 2.24) is 9.55 Å². The zero-order valence-corrected chi connectivity index (χ0v) is 10.4. The Morgan fingerprint density at radius 1 is 1.32 bits per heavy atom. The van der Waals surface area contributed by atoms with E-state index in [4.69, 9.17) is 5.11 Å². The fraction of sp³-hybridized carbons (Fsp3) is 0.154. The fourth-order valence-electron chi connectivity index (χ4n) is 1.72. The molecule has 0 aliphatic rings. The van der Waals surface area contributed by atoms with Crippen molar-refractivity contribution in [3.05, 3.63) is 48.4 Å². The number of carboxylic acid groups (broad SMARTS) is 1. The maximum absolute atomic E-state index is 12.3. The van der Waals surface area contributed by atoms with Gasteiger partial charge in [0.15, 0.2) is 0 Å². The van der Waals surface area contributed by atoms with Gasteiger partial charge >= 0.3 is 5.97 Å². The molecule has 6 nitrogen and oxygen atoms in total. The molecule has 0 spiro atoms. The van der Waals surface area contributed by atoms with Crippen LogP contribution in [0, 0.1) is 0 Å². The summed E-state index contributed by atoms with van der Waals surface area (Å²) in [5, 5.41) is 8.79. The Bertz CT molecular complexity index is 592. The normalized spacial score (nSPS) is 10.2. The van der Waals surface area contributed by atoms with Crippen molar-refractivity contribution in [1.29, 1.82) is 0 Å². The van der Waals surface area contributed by atoms with Crippen LogP contribution in [0.2, 0.25) is 0 Å². The summed E-state index contributed by atoms with van der Waals surface area (Å²) >= 11 is 0. The number of amides is 1. The van der Waals surface area contributed by atoms with Gasteiger partial charge < -0.3 is 9.67 Å². The number of carbonyl (C=O) groups is 2. The molecular formula is C13H13N3O3. The minimum Gasteiger partial charge on any atom is -0.480 e. The van der Waals surface area contributed by atoms with Gasteiger partial charge in [0.05, 0.1) is 0 Å². The number of nitrogens with zero attached hydrogens (tertiary/aromatic N) is 3. The molecule has 2 aromatic heterocycles. The molecule has 0 bridgehead atoms. The number of aliphatic carboxylic acids is 1. The highest BCUT2D eigenvalue weighted by molar-refractivity contribution is 6.04. The molecule has 1 N–H and O–H groups in total. The SMILES string of the molecule is CN(C(=O)c1cccn1CC(=O)O)c1ccccn1. The van der Waals surface area contributed by atoms with E-state index in [1.807, 2.05) is 0 Å². The summed E-state index contributed by atoms with van der Waals surface area (Å²) in [6, 6.07) is 8.48. The lowest BCUT2D eigenvalue weighted by Crippen LogP contribution is -2.29. The van der Waals surface area contributed by atoms with E-state index in [1.165, 1.54) is 9.47 Å². The van der Waals surface area contributed by atoms with Gasteiger partial charge in [-0.1, -0.05) is 6.07 Å². The van der Waals surface area contributed by atoms with E-state index in [1.54, 1.807) is 49.8 Å². The second kappa shape index (κ2) is 5.34. The van der Waals surface area contributed by atoms with Crippen LogP contribution in [0.5, 0.6) is 0 Å². The third kappa shape index (κ3) is 2.79. The van der Waals surface area contributed by atoms with Gasteiger partial charge in [0.2, 0.25) is 0 Å². The van der Waals surface area contributed by atoms with Crippen LogP contribution in [0.15, 0.2) is 42.7 Å².